The van der Waals surface area contributed by atoms with E-state index < -0.39 is 0 Å². The number of likely N-dealkylation sites (tertiary alicyclic amines) is 1. The largest absolute Gasteiger partial charge is 0.335 e. The second-order valence-corrected chi connectivity index (χ2v) is 8.06. The second-order valence-electron chi connectivity index (χ2n) is 8.06. The van der Waals surface area contributed by atoms with Gasteiger partial charge in [-0.25, -0.2) is 4.98 Å². The van der Waals surface area contributed by atoms with E-state index in [4.69, 9.17) is 4.98 Å². The van der Waals surface area contributed by atoms with Crippen molar-refractivity contribution in [2.75, 3.05) is 6.54 Å². The topological polar surface area (TPSA) is 38.1 Å². The number of amides is 1. The maximum Gasteiger partial charge on any atom is 0.223 e. The molecule has 0 spiro atoms. The number of imidazole rings is 1. The molecule has 0 aliphatic carbocycles. The predicted octanol–water partition coefficient (Wildman–Crippen LogP) is 5.16. The summed E-state index contributed by atoms with van der Waals surface area (Å²) in [6, 6.07) is 29.0. The van der Waals surface area contributed by atoms with Gasteiger partial charge in [-0.2, -0.15) is 0 Å². The van der Waals surface area contributed by atoms with Crippen molar-refractivity contribution in [3.63, 3.8) is 0 Å². The minimum absolute atomic E-state index is 0.0654. The minimum Gasteiger partial charge on any atom is -0.335 e. The summed E-state index contributed by atoms with van der Waals surface area (Å²) in [5.74, 6) is 1.31. The molecule has 30 heavy (non-hydrogen) atoms. The van der Waals surface area contributed by atoms with Crippen LogP contribution in [0.1, 0.15) is 42.3 Å². The van der Waals surface area contributed by atoms with Gasteiger partial charge in [0.15, 0.2) is 0 Å². The van der Waals surface area contributed by atoms with E-state index in [-0.39, 0.29) is 17.9 Å². The second kappa shape index (κ2) is 7.79. The van der Waals surface area contributed by atoms with Crippen LogP contribution in [0.5, 0.6) is 0 Å². The number of rotatable bonds is 5. The van der Waals surface area contributed by atoms with Gasteiger partial charge in [0.05, 0.1) is 17.1 Å². The average Bonchev–Trinajstić information content (AvgIpc) is 3.35. The van der Waals surface area contributed by atoms with E-state index in [1.54, 1.807) is 0 Å². The minimum atomic E-state index is 0.0654. The van der Waals surface area contributed by atoms with Crippen LogP contribution in [0.3, 0.4) is 0 Å². The molecule has 2 atom stereocenters. The smallest absolute Gasteiger partial charge is 0.223 e. The molecule has 4 aromatic rings. The zero-order valence-corrected chi connectivity index (χ0v) is 17.1. The molecule has 1 saturated heterocycles. The molecule has 1 aromatic heterocycles. The van der Waals surface area contributed by atoms with Gasteiger partial charge >= 0.3 is 0 Å². The first-order valence-corrected chi connectivity index (χ1v) is 10.5. The summed E-state index contributed by atoms with van der Waals surface area (Å²) in [7, 11) is 0. The molecule has 1 aliphatic heterocycles. The number of carbonyl (C=O) groups is 1. The Morgan fingerprint density at radius 3 is 2.37 bits per heavy atom. The molecule has 5 rings (SSSR count). The van der Waals surface area contributed by atoms with Gasteiger partial charge in [0.25, 0.3) is 0 Å². The van der Waals surface area contributed by atoms with E-state index in [1.807, 2.05) is 35.2 Å². The third-order valence-electron chi connectivity index (χ3n) is 6.14. The van der Waals surface area contributed by atoms with Crippen molar-refractivity contribution in [3.05, 3.63) is 102 Å². The number of fused-ring (bicyclic) bond motifs is 1. The average molecular weight is 396 g/mol. The lowest BCUT2D eigenvalue weighted by atomic mass is 10.1. The Bertz CT molecular complexity index is 1170. The van der Waals surface area contributed by atoms with Crippen molar-refractivity contribution in [1.82, 2.24) is 14.5 Å². The van der Waals surface area contributed by atoms with Crippen LogP contribution in [0, 0.1) is 0 Å². The van der Waals surface area contributed by atoms with Crippen LogP contribution < -0.4 is 0 Å². The van der Waals surface area contributed by atoms with E-state index in [2.05, 4.69) is 66.1 Å². The summed E-state index contributed by atoms with van der Waals surface area (Å²) < 4.78 is 2.29. The van der Waals surface area contributed by atoms with Gasteiger partial charge in [-0.15, -0.1) is 0 Å². The van der Waals surface area contributed by atoms with E-state index >= 15 is 0 Å². The van der Waals surface area contributed by atoms with Crippen molar-refractivity contribution in [2.45, 2.75) is 31.8 Å². The molecule has 150 valence electrons. The lowest BCUT2D eigenvalue weighted by molar-refractivity contribution is -0.129. The Balaban J connectivity index is 1.49. The first kappa shape index (κ1) is 18.6. The highest BCUT2D eigenvalue weighted by Gasteiger charge is 2.36. The summed E-state index contributed by atoms with van der Waals surface area (Å²) in [6.07, 6.45) is 0.509. The van der Waals surface area contributed by atoms with Crippen molar-refractivity contribution < 1.29 is 4.79 Å². The van der Waals surface area contributed by atoms with Crippen LogP contribution in [0.25, 0.3) is 11.0 Å². The Morgan fingerprint density at radius 1 is 0.933 bits per heavy atom. The molecule has 0 N–H and O–H groups in total. The van der Waals surface area contributed by atoms with Crippen molar-refractivity contribution in [2.24, 2.45) is 0 Å². The fraction of sp³-hybridized carbons (Fsp3) is 0.231. The fourth-order valence-electron chi connectivity index (χ4n) is 4.53. The van der Waals surface area contributed by atoms with E-state index in [0.717, 1.165) is 23.4 Å². The van der Waals surface area contributed by atoms with Crippen molar-refractivity contribution >= 4 is 16.9 Å². The quantitative estimate of drug-likeness (QED) is 0.468. The van der Waals surface area contributed by atoms with E-state index in [1.165, 1.54) is 11.1 Å². The maximum absolute atomic E-state index is 12.9. The first-order chi connectivity index (χ1) is 14.7. The standard InChI is InChI=1S/C26H25N3O/c1-19(21-12-6-3-7-13-21)28-18-22(16-25(28)30)26-27-23-14-8-9-15-24(23)29(26)17-20-10-4-2-5-11-20/h2-15,19,22H,16-18H2,1H3. The van der Waals surface area contributed by atoms with Gasteiger partial charge in [-0.1, -0.05) is 72.8 Å². The predicted molar refractivity (Wildman–Crippen MR) is 119 cm³/mol. The van der Waals surface area contributed by atoms with Crippen LogP contribution >= 0.6 is 0 Å². The van der Waals surface area contributed by atoms with E-state index in [9.17, 15) is 4.79 Å². The summed E-state index contributed by atoms with van der Waals surface area (Å²) in [4.78, 5) is 19.9. The van der Waals surface area contributed by atoms with E-state index in [0.29, 0.717) is 13.0 Å². The first-order valence-electron chi connectivity index (χ1n) is 10.5. The molecule has 4 nitrogen and oxygen atoms in total. The monoisotopic (exact) mass is 395 g/mol. The molecule has 0 saturated carbocycles. The van der Waals surface area contributed by atoms with Gasteiger partial charge < -0.3 is 9.47 Å². The fourth-order valence-corrected chi connectivity index (χ4v) is 4.53. The summed E-state index contributed by atoms with van der Waals surface area (Å²) in [6.45, 7) is 3.57. The molecule has 3 aromatic carbocycles. The molecule has 1 fully saturated rings. The Kier molecular flexibility index (Phi) is 4.83. The van der Waals surface area contributed by atoms with Crippen molar-refractivity contribution in [3.8, 4) is 0 Å². The number of para-hydroxylation sites is 2. The molecule has 2 heterocycles. The molecular formula is C26H25N3O. The third kappa shape index (κ3) is 3.39. The lowest BCUT2D eigenvalue weighted by Gasteiger charge is -2.25. The summed E-state index contributed by atoms with van der Waals surface area (Å²) in [5, 5.41) is 0. The number of carbonyl (C=O) groups excluding carboxylic acids is 1. The molecule has 0 radical (unpaired) electrons. The summed E-state index contributed by atoms with van der Waals surface area (Å²) in [5.41, 5.74) is 4.52. The Hall–Kier alpha value is -3.40. The van der Waals surface area contributed by atoms with Gasteiger partial charge in [0.1, 0.15) is 5.82 Å². The van der Waals surface area contributed by atoms with Crippen LogP contribution in [0.2, 0.25) is 0 Å². The lowest BCUT2D eigenvalue weighted by Crippen LogP contribution is -2.28. The molecule has 2 unspecified atom stereocenters. The van der Waals surface area contributed by atoms with Gasteiger partial charge in [0.2, 0.25) is 5.91 Å². The van der Waals surface area contributed by atoms with Crippen molar-refractivity contribution in [1.29, 1.82) is 0 Å². The molecule has 1 aliphatic rings. The number of nitrogens with zero attached hydrogens (tertiary/aromatic N) is 3. The van der Waals surface area contributed by atoms with Crippen LogP contribution in [-0.4, -0.2) is 26.9 Å². The highest BCUT2D eigenvalue weighted by Crippen LogP contribution is 2.35. The molecule has 1 amide bonds. The van der Waals surface area contributed by atoms with Gasteiger partial charge in [-0.3, -0.25) is 4.79 Å². The van der Waals surface area contributed by atoms with Gasteiger partial charge in [0, 0.05) is 25.4 Å². The third-order valence-corrected chi connectivity index (χ3v) is 6.14. The van der Waals surface area contributed by atoms with Gasteiger partial charge in [-0.05, 0) is 30.2 Å². The Labute approximate surface area is 176 Å². The number of hydrogen-bond donors (Lipinski definition) is 0. The summed E-state index contributed by atoms with van der Waals surface area (Å²) >= 11 is 0. The maximum atomic E-state index is 12.9. The van der Waals surface area contributed by atoms with Crippen LogP contribution in [0.4, 0.5) is 0 Å². The number of benzene rings is 3. The normalized spacial score (nSPS) is 17.6. The highest BCUT2D eigenvalue weighted by atomic mass is 16.2. The highest BCUT2D eigenvalue weighted by molar-refractivity contribution is 5.81. The molecule has 4 heteroatoms. The van der Waals surface area contributed by atoms with Crippen LogP contribution in [-0.2, 0) is 11.3 Å². The number of hydrogen-bond acceptors (Lipinski definition) is 2. The van der Waals surface area contributed by atoms with Crippen LogP contribution in [0.15, 0.2) is 84.9 Å². The number of aromatic nitrogens is 2. The Morgan fingerprint density at radius 2 is 1.60 bits per heavy atom. The molecule has 0 bridgehead atoms. The zero-order valence-electron chi connectivity index (χ0n) is 17.1. The molecular weight excluding hydrogens is 370 g/mol. The SMILES string of the molecule is CC(c1ccccc1)N1CC(c2nc3ccccc3n2Cc2ccccc2)CC1=O. The zero-order chi connectivity index (χ0) is 20.5.